The number of aromatic nitrogens is 2. The molecular weight excluding hydrogens is 280 g/mol. The molecule has 0 unspecified atom stereocenters. The second-order valence-corrected chi connectivity index (χ2v) is 4.88. The van der Waals surface area contributed by atoms with Gasteiger partial charge in [-0.05, 0) is 5.56 Å². The zero-order valence-corrected chi connectivity index (χ0v) is 12.4. The van der Waals surface area contributed by atoms with E-state index in [1.54, 1.807) is 11.9 Å². The van der Waals surface area contributed by atoms with Crippen LogP contribution >= 0.6 is 0 Å². The summed E-state index contributed by atoms with van der Waals surface area (Å²) in [6.45, 7) is 0.972. The molecule has 0 spiro atoms. The highest BCUT2D eigenvalue weighted by Gasteiger charge is 2.14. The molecule has 0 aliphatic carbocycles. The van der Waals surface area contributed by atoms with Crippen LogP contribution in [0.3, 0.4) is 0 Å². The van der Waals surface area contributed by atoms with E-state index in [2.05, 4.69) is 9.97 Å². The normalized spacial score (nSPS) is 11.7. The molecule has 22 heavy (non-hydrogen) atoms. The molecule has 2 aromatic rings. The minimum absolute atomic E-state index is 0.210. The maximum Gasteiger partial charge on any atom is 0.183 e. The zero-order chi connectivity index (χ0) is 15.8. The molecule has 1 aromatic heterocycles. The topological polar surface area (TPSA) is 82.3 Å². The van der Waals surface area contributed by atoms with Crippen molar-refractivity contribution in [2.75, 3.05) is 25.1 Å². The van der Waals surface area contributed by atoms with E-state index in [1.807, 2.05) is 36.4 Å². The molecular formula is C16H18N4O2. The van der Waals surface area contributed by atoms with E-state index < -0.39 is 6.10 Å². The Kier molecular flexibility index (Phi) is 5.83. The Hall–Kier alpha value is -2.49. The van der Waals surface area contributed by atoms with Crippen LogP contribution < -0.4 is 4.90 Å². The number of benzene rings is 1. The van der Waals surface area contributed by atoms with Gasteiger partial charge in [0.2, 0.25) is 0 Å². The van der Waals surface area contributed by atoms with Gasteiger partial charge in [-0.3, -0.25) is 0 Å². The SMILES string of the molecule is CN(C[C@H](O)COCc1ccccc1)c1nccnc1C#N. The van der Waals surface area contributed by atoms with Crippen LogP contribution in [-0.2, 0) is 11.3 Å². The van der Waals surface area contributed by atoms with E-state index >= 15 is 0 Å². The maximum atomic E-state index is 10.0. The van der Waals surface area contributed by atoms with Crippen LogP contribution in [0.2, 0.25) is 0 Å². The Bertz CT molecular complexity index is 628. The van der Waals surface area contributed by atoms with Gasteiger partial charge in [-0.15, -0.1) is 0 Å². The number of likely N-dealkylation sites (N-methyl/N-ethyl adjacent to an activating group) is 1. The molecule has 0 saturated heterocycles. The summed E-state index contributed by atoms with van der Waals surface area (Å²) in [6, 6.07) is 11.8. The minimum atomic E-state index is -0.678. The fourth-order valence-electron chi connectivity index (χ4n) is 2.03. The van der Waals surface area contributed by atoms with Crippen molar-refractivity contribution in [3.05, 3.63) is 54.0 Å². The second-order valence-electron chi connectivity index (χ2n) is 4.88. The molecule has 1 heterocycles. The lowest BCUT2D eigenvalue weighted by Crippen LogP contribution is -2.33. The van der Waals surface area contributed by atoms with Gasteiger partial charge in [-0.1, -0.05) is 30.3 Å². The van der Waals surface area contributed by atoms with E-state index in [0.29, 0.717) is 19.0 Å². The Morgan fingerprint density at radius 3 is 2.73 bits per heavy atom. The van der Waals surface area contributed by atoms with Gasteiger partial charge in [0.1, 0.15) is 6.07 Å². The fraction of sp³-hybridized carbons (Fsp3) is 0.312. The van der Waals surface area contributed by atoms with Crippen molar-refractivity contribution in [2.24, 2.45) is 0 Å². The molecule has 0 fully saturated rings. The van der Waals surface area contributed by atoms with Gasteiger partial charge < -0.3 is 14.7 Å². The second kappa shape index (κ2) is 8.08. The molecule has 2 rings (SSSR count). The summed E-state index contributed by atoms with van der Waals surface area (Å²) in [4.78, 5) is 9.77. The lowest BCUT2D eigenvalue weighted by Gasteiger charge is -2.21. The van der Waals surface area contributed by atoms with Crippen molar-refractivity contribution in [1.82, 2.24) is 9.97 Å². The van der Waals surface area contributed by atoms with Gasteiger partial charge in [-0.25, -0.2) is 9.97 Å². The minimum Gasteiger partial charge on any atom is -0.389 e. The molecule has 1 atom stereocenters. The smallest absolute Gasteiger partial charge is 0.183 e. The summed E-state index contributed by atoms with van der Waals surface area (Å²) in [6.07, 6.45) is 2.31. The van der Waals surface area contributed by atoms with Crippen molar-refractivity contribution in [1.29, 1.82) is 5.26 Å². The van der Waals surface area contributed by atoms with E-state index in [9.17, 15) is 5.11 Å². The van der Waals surface area contributed by atoms with Crippen molar-refractivity contribution in [3.63, 3.8) is 0 Å². The quantitative estimate of drug-likeness (QED) is 0.831. The van der Waals surface area contributed by atoms with Crippen molar-refractivity contribution >= 4 is 5.82 Å². The average molecular weight is 298 g/mol. The standard InChI is InChI=1S/C16H18N4O2/c1-20(16-15(9-17)18-7-8-19-16)10-14(21)12-22-11-13-5-3-2-4-6-13/h2-8,14,21H,10-12H2,1H3/t14-/m0/s1. The van der Waals surface area contributed by atoms with Crippen LogP contribution in [-0.4, -0.2) is 41.4 Å². The highest BCUT2D eigenvalue weighted by Crippen LogP contribution is 2.12. The number of hydrogen-bond donors (Lipinski definition) is 1. The fourth-order valence-corrected chi connectivity index (χ4v) is 2.03. The van der Waals surface area contributed by atoms with Crippen molar-refractivity contribution in [2.45, 2.75) is 12.7 Å². The first-order chi connectivity index (χ1) is 10.7. The van der Waals surface area contributed by atoms with Crippen molar-refractivity contribution in [3.8, 4) is 6.07 Å². The first-order valence-electron chi connectivity index (χ1n) is 6.92. The number of aliphatic hydroxyl groups excluding tert-OH is 1. The molecule has 0 amide bonds. The van der Waals surface area contributed by atoms with Gasteiger partial charge in [-0.2, -0.15) is 5.26 Å². The molecule has 1 N–H and O–H groups in total. The molecule has 0 aliphatic rings. The van der Waals surface area contributed by atoms with E-state index in [-0.39, 0.29) is 12.3 Å². The number of nitrogens with zero attached hydrogens (tertiary/aromatic N) is 4. The third kappa shape index (κ3) is 4.52. The van der Waals surface area contributed by atoms with Crippen LogP contribution in [0.4, 0.5) is 5.82 Å². The third-order valence-electron chi connectivity index (χ3n) is 3.05. The molecule has 1 aromatic carbocycles. The number of ether oxygens (including phenoxy) is 1. The lowest BCUT2D eigenvalue weighted by atomic mass is 10.2. The van der Waals surface area contributed by atoms with Gasteiger partial charge in [0.05, 0.1) is 19.3 Å². The number of nitriles is 1. The summed E-state index contributed by atoms with van der Waals surface area (Å²) in [5, 5.41) is 19.0. The van der Waals surface area contributed by atoms with E-state index in [4.69, 9.17) is 10.00 Å². The van der Waals surface area contributed by atoms with Crippen molar-refractivity contribution < 1.29 is 9.84 Å². The number of hydrogen-bond acceptors (Lipinski definition) is 6. The number of aliphatic hydroxyl groups is 1. The Morgan fingerprint density at radius 1 is 1.27 bits per heavy atom. The van der Waals surface area contributed by atoms with Gasteiger partial charge >= 0.3 is 0 Å². The molecule has 6 heteroatoms. The summed E-state index contributed by atoms with van der Waals surface area (Å²) in [7, 11) is 1.76. The molecule has 0 saturated carbocycles. The number of anilines is 1. The highest BCUT2D eigenvalue weighted by molar-refractivity contribution is 5.48. The largest absolute Gasteiger partial charge is 0.389 e. The van der Waals surface area contributed by atoms with Crippen LogP contribution in [0, 0.1) is 11.3 Å². The van der Waals surface area contributed by atoms with Gasteiger partial charge in [0, 0.05) is 26.0 Å². The average Bonchev–Trinajstić information content (AvgIpc) is 2.55. The highest BCUT2D eigenvalue weighted by atomic mass is 16.5. The third-order valence-corrected chi connectivity index (χ3v) is 3.05. The maximum absolute atomic E-state index is 10.0. The molecule has 0 aliphatic heterocycles. The zero-order valence-electron chi connectivity index (χ0n) is 12.4. The monoisotopic (exact) mass is 298 g/mol. The van der Waals surface area contributed by atoms with Crippen LogP contribution in [0.25, 0.3) is 0 Å². The first kappa shape index (κ1) is 15.9. The van der Waals surface area contributed by atoms with Crippen LogP contribution in [0.15, 0.2) is 42.7 Å². The van der Waals surface area contributed by atoms with Crippen LogP contribution in [0.1, 0.15) is 11.3 Å². The van der Waals surface area contributed by atoms with Gasteiger partial charge in [0.25, 0.3) is 0 Å². The predicted octanol–water partition coefficient (Wildman–Crippen LogP) is 1.36. The van der Waals surface area contributed by atoms with E-state index in [1.165, 1.54) is 12.4 Å². The lowest BCUT2D eigenvalue weighted by molar-refractivity contribution is 0.0324. The van der Waals surface area contributed by atoms with Gasteiger partial charge in [0.15, 0.2) is 11.5 Å². The molecule has 0 radical (unpaired) electrons. The Labute approximate surface area is 129 Å². The molecule has 0 bridgehead atoms. The first-order valence-corrected chi connectivity index (χ1v) is 6.92. The van der Waals surface area contributed by atoms with Crippen LogP contribution in [0.5, 0.6) is 0 Å². The van der Waals surface area contributed by atoms with E-state index in [0.717, 1.165) is 5.56 Å². The summed E-state index contributed by atoms with van der Waals surface area (Å²) in [5.41, 5.74) is 1.30. The summed E-state index contributed by atoms with van der Waals surface area (Å²) >= 11 is 0. The molecule has 114 valence electrons. The molecule has 6 nitrogen and oxygen atoms in total. The number of rotatable bonds is 7. The Balaban J connectivity index is 1.81. The summed E-state index contributed by atoms with van der Waals surface area (Å²) < 4.78 is 5.50. The Morgan fingerprint density at radius 2 is 2.00 bits per heavy atom. The summed E-state index contributed by atoms with van der Waals surface area (Å²) in [5.74, 6) is 0.451. The predicted molar refractivity (Wildman–Crippen MR) is 82.1 cm³/mol.